The molecule has 37 heavy (non-hydrogen) atoms. The Kier molecular flexibility index (Phi) is 6.74. The summed E-state index contributed by atoms with van der Waals surface area (Å²) in [5.41, 5.74) is 2.78. The molecule has 8 heteroatoms. The molecule has 0 radical (unpaired) electrons. The van der Waals surface area contributed by atoms with Crippen LogP contribution in [0.15, 0.2) is 99.9 Å². The number of ether oxygens (including phenoxy) is 1. The normalized spacial score (nSPS) is 15.2. The van der Waals surface area contributed by atoms with Crippen molar-refractivity contribution in [1.82, 2.24) is 4.57 Å². The fourth-order valence-electron chi connectivity index (χ4n) is 4.33. The number of fused-ring (bicyclic) bond motifs is 1. The number of para-hydroxylation sites is 1. The summed E-state index contributed by atoms with van der Waals surface area (Å²) in [6.07, 6.45) is 1.72. The van der Waals surface area contributed by atoms with Crippen LogP contribution in [0.5, 0.6) is 11.5 Å². The van der Waals surface area contributed by atoms with Crippen LogP contribution in [0.1, 0.15) is 31.0 Å². The van der Waals surface area contributed by atoms with Crippen molar-refractivity contribution in [3.8, 4) is 11.5 Å². The molecule has 7 nitrogen and oxygen atoms in total. The summed E-state index contributed by atoms with van der Waals surface area (Å²) in [6, 6.07) is 22.6. The van der Waals surface area contributed by atoms with Gasteiger partial charge in [-0.1, -0.05) is 53.8 Å². The van der Waals surface area contributed by atoms with Gasteiger partial charge in [0.25, 0.3) is 11.5 Å². The van der Waals surface area contributed by atoms with E-state index in [0.717, 1.165) is 5.56 Å². The molecule has 0 bridgehead atoms. The summed E-state index contributed by atoms with van der Waals surface area (Å²) in [7, 11) is 0. The monoisotopic (exact) mass is 511 g/mol. The number of thiazole rings is 1. The van der Waals surface area contributed by atoms with Crippen LogP contribution in [0.3, 0.4) is 0 Å². The third-order valence-electron chi connectivity index (χ3n) is 5.97. The fourth-order valence-corrected chi connectivity index (χ4v) is 5.37. The van der Waals surface area contributed by atoms with Gasteiger partial charge in [-0.05, 0) is 67.4 Å². The van der Waals surface area contributed by atoms with Gasteiger partial charge in [0.15, 0.2) is 4.80 Å². The number of nitrogens with zero attached hydrogens (tertiary/aromatic N) is 2. The van der Waals surface area contributed by atoms with Gasteiger partial charge in [0.2, 0.25) is 0 Å². The van der Waals surface area contributed by atoms with Crippen LogP contribution in [0.2, 0.25) is 0 Å². The molecule has 0 aliphatic carbocycles. The molecule has 1 aliphatic heterocycles. The molecule has 0 fully saturated rings. The lowest BCUT2D eigenvalue weighted by Gasteiger charge is -2.25. The van der Waals surface area contributed by atoms with Crippen molar-refractivity contribution in [3.63, 3.8) is 0 Å². The van der Waals surface area contributed by atoms with E-state index < -0.39 is 6.04 Å². The van der Waals surface area contributed by atoms with E-state index in [1.807, 2.05) is 67.6 Å². The average molecular weight is 512 g/mol. The van der Waals surface area contributed by atoms with Gasteiger partial charge in [0.1, 0.15) is 11.5 Å². The smallest absolute Gasteiger partial charge is 0.271 e. The second-order valence-corrected chi connectivity index (χ2v) is 9.51. The Morgan fingerprint density at radius 3 is 2.57 bits per heavy atom. The van der Waals surface area contributed by atoms with Crippen molar-refractivity contribution < 1.29 is 14.6 Å². The Bertz CT molecular complexity index is 1670. The van der Waals surface area contributed by atoms with E-state index in [1.54, 1.807) is 35.8 Å². The highest BCUT2D eigenvalue weighted by Crippen LogP contribution is 2.31. The van der Waals surface area contributed by atoms with Crippen molar-refractivity contribution in [3.05, 3.63) is 121 Å². The number of hydrogen-bond acceptors (Lipinski definition) is 6. The molecular formula is C29H25N3O4S. The highest BCUT2D eigenvalue weighted by molar-refractivity contribution is 7.07. The number of anilines is 1. The van der Waals surface area contributed by atoms with Gasteiger partial charge in [-0.2, -0.15) is 0 Å². The van der Waals surface area contributed by atoms with Gasteiger partial charge in [-0.25, -0.2) is 4.99 Å². The van der Waals surface area contributed by atoms with E-state index >= 15 is 0 Å². The number of rotatable bonds is 6. The third-order valence-corrected chi connectivity index (χ3v) is 6.96. The molecular weight excluding hydrogens is 486 g/mol. The summed E-state index contributed by atoms with van der Waals surface area (Å²) in [5.74, 6) is 0.497. The Morgan fingerprint density at radius 2 is 1.86 bits per heavy atom. The summed E-state index contributed by atoms with van der Waals surface area (Å²) in [4.78, 5) is 32.5. The molecule has 3 aromatic carbocycles. The van der Waals surface area contributed by atoms with Gasteiger partial charge in [0.05, 0.1) is 28.5 Å². The largest absolute Gasteiger partial charge is 0.508 e. The topological polar surface area (TPSA) is 92.9 Å². The number of carbonyl (C=O) groups is 1. The number of allylic oxidation sites excluding steroid dienone is 1. The summed E-state index contributed by atoms with van der Waals surface area (Å²) in [6.45, 7) is 4.23. The van der Waals surface area contributed by atoms with E-state index in [-0.39, 0.29) is 17.2 Å². The van der Waals surface area contributed by atoms with E-state index in [9.17, 15) is 14.7 Å². The number of phenolic OH excluding ortho intramolecular Hbond substituents is 1. The summed E-state index contributed by atoms with van der Waals surface area (Å²) in [5, 5.41) is 12.8. The highest BCUT2D eigenvalue weighted by atomic mass is 32.1. The quantitative estimate of drug-likeness (QED) is 0.410. The zero-order valence-electron chi connectivity index (χ0n) is 20.3. The molecule has 1 aromatic heterocycles. The molecule has 0 spiro atoms. The zero-order chi connectivity index (χ0) is 25.9. The van der Waals surface area contributed by atoms with E-state index in [0.29, 0.717) is 44.2 Å². The van der Waals surface area contributed by atoms with Crippen LogP contribution >= 0.6 is 11.3 Å². The molecule has 4 aromatic rings. The molecule has 0 saturated heterocycles. The molecule has 1 amide bonds. The standard InChI is InChI=1S/C29H25N3O4S/c1-3-36-23-14-12-20(13-15-23)26-25(27(34)31-21-9-5-4-6-10-21)18(2)30-29-32(26)28(35)24(37-29)17-19-8-7-11-22(33)16-19/h4-17,26,33H,3H2,1-2H3,(H,31,34)/b24-17-/t26-/m1/s1. The minimum absolute atomic E-state index is 0.115. The first-order valence-corrected chi connectivity index (χ1v) is 12.7. The number of benzene rings is 3. The second kappa shape index (κ2) is 10.3. The summed E-state index contributed by atoms with van der Waals surface area (Å²) < 4.78 is 7.62. The SMILES string of the molecule is CCOc1ccc([C@@H]2C(C(=O)Nc3ccccc3)=C(C)N=c3s/c(=C\c4cccc(O)c4)c(=O)n32)cc1. The molecule has 0 saturated carbocycles. The average Bonchev–Trinajstić information content (AvgIpc) is 3.18. The van der Waals surface area contributed by atoms with Gasteiger partial charge < -0.3 is 15.2 Å². The van der Waals surface area contributed by atoms with Gasteiger partial charge >= 0.3 is 0 Å². The summed E-state index contributed by atoms with van der Waals surface area (Å²) >= 11 is 1.25. The number of aromatic hydroxyl groups is 1. The lowest BCUT2D eigenvalue weighted by atomic mass is 9.95. The Labute approximate surface area is 217 Å². The Hall–Kier alpha value is -4.43. The number of nitrogens with one attached hydrogen (secondary N) is 1. The molecule has 5 rings (SSSR count). The van der Waals surface area contributed by atoms with Gasteiger partial charge in [0, 0.05) is 5.69 Å². The maximum atomic E-state index is 13.7. The number of hydrogen-bond donors (Lipinski definition) is 2. The van der Waals surface area contributed by atoms with Gasteiger partial charge in [-0.3, -0.25) is 14.2 Å². The number of amides is 1. The van der Waals surface area contributed by atoms with Crippen LogP contribution in [-0.2, 0) is 4.79 Å². The number of aromatic nitrogens is 1. The number of phenols is 1. The predicted molar refractivity (Wildman–Crippen MR) is 145 cm³/mol. The van der Waals surface area contributed by atoms with Crippen LogP contribution in [0.25, 0.3) is 6.08 Å². The molecule has 2 N–H and O–H groups in total. The van der Waals surface area contributed by atoms with Crippen molar-refractivity contribution >= 4 is 29.0 Å². The molecule has 186 valence electrons. The Balaban J connectivity index is 1.66. The lowest BCUT2D eigenvalue weighted by Crippen LogP contribution is -2.40. The minimum Gasteiger partial charge on any atom is -0.508 e. The van der Waals surface area contributed by atoms with Crippen molar-refractivity contribution in [1.29, 1.82) is 0 Å². The maximum Gasteiger partial charge on any atom is 0.271 e. The zero-order valence-corrected chi connectivity index (χ0v) is 21.2. The first-order valence-electron chi connectivity index (χ1n) is 11.9. The van der Waals surface area contributed by atoms with Crippen LogP contribution in [0.4, 0.5) is 5.69 Å². The molecule has 1 aliphatic rings. The second-order valence-electron chi connectivity index (χ2n) is 8.50. The van der Waals surface area contributed by atoms with Crippen molar-refractivity contribution in [2.24, 2.45) is 4.99 Å². The van der Waals surface area contributed by atoms with Crippen LogP contribution < -0.4 is 24.9 Å². The minimum atomic E-state index is -0.679. The first kappa shape index (κ1) is 24.3. The van der Waals surface area contributed by atoms with Crippen LogP contribution in [-0.4, -0.2) is 22.2 Å². The molecule has 0 unspecified atom stereocenters. The lowest BCUT2D eigenvalue weighted by molar-refractivity contribution is -0.113. The maximum absolute atomic E-state index is 13.7. The van der Waals surface area contributed by atoms with Crippen molar-refractivity contribution in [2.45, 2.75) is 19.9 Å². The van der Waals surface area contributed by atoms with Crippen molar-refractivity contribution in [2.75, 3.05) is 11.9 Å². The highest BCUT2D eigenvalue weighted by Gasteiger charge is 2.32. The molecule has 2 heterocycles. The number of carbonyl (C=O) groups excluding carboxylic acids is 1. The van der Waals surface area contributed by atoms with E-state index in [4.69, 9.17) is 4.74 Å². The molecule has 1 atom stereocenters. The third kappa shape index (κ3) is 4.96. The first-order chi connectivity index (χ1) is 17.9. The predicted octanol–water partition coefficient (Wildman–Crippen LogP) is 3.98. The van der Waals surface area contributed by atoms with E-state index in [2.05, 4.69) is 10.3 Å². The fraction of sp³-hybridized carbons (Fsp3) is 0.138. The van der Waals surface area contributed by atoms with Gasteiger partial charge in [-0.15, -0.1) is 0 Å². The Morgan fingerprint density at radius 1 is 1.11 bits per heavy atom. The van der Waals surface area contributed by atoms with Crippen LogP contribution in [0, 0.1) is 0 Å². The van der Waals surface area contributed by atoms with E-state index in [1.165, 1.54) is 11.3 Å².